The van der Waals surface area contributed by atoms with E-state index in [-0.39, 0.29) is 47.4 Å². The molecule has 0 bridgehead atoms. The molecule has 6 heteroatoms. The van der Waals surface area contributed by atoms with E-state index in [1.807, 2.05) is 0 Å². The number of rotatable bonds is 6. The van der Waals surface area contributed by atoms with Crippen LogP contribution in [0.4, 0.5) is 0 Å². The fourth-order valence-electron chi connectivity index (χ4n) is 0.712. The van der Waals surface area contributed by atoms with E-state index in [2.05, 4.69) is 11.4 Å². The molecule has 0 unspecified atom stereocenters. The van der Waals surface area contributed by atoms with E-state index < -0.39 is 7.82 Å². The number of phosphoric ester groups is 1. The molecule has 0 spiro atoms. The van der Waals surface area contributed by atoms with Crippen LogP contribution in [0.25, 0.3) is 0 Å². The maximum Gasteiger partial charge on any atom is 0.469 e. The van der Waals surface area contributed by atoms with Gasteiger partial charge in [-0.25, -0.2) is 4.57 Å². The van der Waals surface area contributed by atoms with Crippen LogP contribution in [0.5, 0.6) is 0 Å². The van der Waals surface area contributed by atoms with E-state index in [0.29, 0.717) is 0 Å². The van der Waals surface area contributed by atoms with Gasteiger partial charge in [-0.3, -0.25) is 4.52 Å². The Labute approximate surface area is 106 Å². The summed E-state index contributed by atoms with van der Waals surface area (Å²) in [6, 6.07) is 0. The summed E-state index contributed by atoms with van der Waals surface area (Å²) in [6.07, 6.45) is 3.88. The maximum absolute atomic E-state index is 10.1. The van der Waals surface area contributed by atoms with Crippen molar-refractivity contribution >= 4 is 7.82 Å². The second kappa shape index (κ2) is 9.03. The van der Waals surface area contributed by atoms with Crippen molar-refractivity contribution in [2.24, 2.45) is 0 Å². The van der Waals surface area contributed by atoms with Gasteiger partial charge in [0.25, 0.3) is 0 Å². The third kappa shape index (κ3) is 14.0. The molecule has 0 rings (SSSR count). The number of unbranched alkanes of at least 4 members (excludes halogenated alkanes) is 3. The first kappa shape index (κ1) is 15.9. The van der Waals surface area contributed by atoms with Crippen LogP contribution in [0.2, 0.25) is 0 Å². The summed E-state index contributed by atoms with van der Waals surface area (Å²) in [5.41, 5.74) is 0. The van der Waals surface area contributed by atoms with Crippen LogP contribution >= 0.6 is 7.82 Å². The van der Waals surface area contributed by atoms with E-state index in [4.69, 9.17) is 9.79 Å². The van der Waals surface area contributed by atoms with Crippen molar-refractivity contribution in [2.75, 3.05) is 6.61 Å². The second-order valence-corrected chi connectivity index (χ2v) is 3.62. The van der Waals surface area contributed by atoms with Crippen LogP contribution in [0.3, 0.4) is 0 Å². The first-order valence-electron chi connectivity index (χ1n) is 3.76. The molecule has 0 aliphatic heterocycles. The molecule has 0 heterocycles. The van der Waals surface area contributed by atoms with Crippen LogP contribution in [0.1, 0.15) is 32.6 Å². The molecule has 0 aliphatic carbocycles. The van der Waals surface area contributed by atoms with Gasteiger partial charge in [0, 0.05) is 40.8 Å². The normalized spacial score (nSPS) is 10.9. The summed E-state index contributed by atoms with van der Waals surface area (Å²) in [4.78, 5) is 16.5. The number of phosphoric acid groups is 1. The zero-order valence-corrected chi connectivity index (χ0v) is 11.3. The van der Waals surface area contributed by atoms with E-state index >= 15 is 0 Å². The Bertz CT molecular complexity index is 136. The van der Waals surface area contributed by atoms with Crippen LogP contribution in [-0.2, 0) is 9.09 Å². The van der Waals surface area contributed by atoms with Crippen LogP contribution in [0.15, 0.2) is 0 Å². The Hall–Kier alpha value is 1.46. The fourth-order valence-corrected chi connectivity index (χ4v) is 1.08. The molecule has 0 aliphatic rings. The SMILES string of the molecule is CCCCCCOP(=O)(O)O.[Nd]. The Morgan fingerprint density at radius 2 is 1.83 bits per heavy atom. The van der Waals surface area contributed by atoms with Gasteiger partial charge >= 0.3 is 7.82 Å². The minimum absolute atomic E-state index is 0. The molecule has 4 nitrogen and oxygen atoms in total. The molecule has 0 amide bonds. The molecule has 0 aromatic heterocycles. The number of hydrogen-bond acceptors (Lipinski definition) is 2. The monoisotopic (exact) mass is 324 g/mol. The van der Waals surface area contributed by atoms with Crippen molar-refractivity contribution < 1.29 is 59.7 Å². The number of hydrogen-bond donors (Lipinski definition) is 2. The second-order valence-electron chi connectivity index (χ2n) is 2.38. The van der Waals surface area contributed by atoms with Crippen molar-refractivity contribution in [1.29, 1.82) is 0 Å². The minimum atomic E-state index is -4.21. The van der Waals surface area contributed by atoms with E-state index in [1.54, 1.807) is 0 Å². The molecule has 72 valence electrons. The van der Waals surface area contributed by atoms with Gasteiger partial charge in [0.2, 0.25) is 0 Å². The fraction of sp³-hybridized carbons (Fsp3) is 1.00. The third-order valence-corrected chi connectivity index (χ3v) is 1.78. The van der Waals surface area contributed by atoms with Crippen molar-refractivity contribution in [3.8, 4) is 0 Å². The minimum Gasteiger partial charge on any atom is -0.303 e. The molecule has 0 radical (unpaired) electrons. The van der Waals surface area contributed by atoms with Gasteiger partial charge < -0.3 is 9.79 Å². The predicted octanol–water partition coefficient (Wildman–Crippen LogP) is 1.68. The third-order valence-electron chi connectivity index (χ3n) is 1.26. The molecule has 0 aromatic rings. The summed E-state index contributed by atoms with van der Waals surface area (Å²) in [5.74, 6) is 0. The predicted molar refractivity (Wildman–Crippen MR) is 42.1 cm³/mol. The average Bonchev–Trinajstić information content (AvgIpc) is 1.85. The topological polar surface area (TPSA) is 66.8 Å². The maximum atomic E-state index is 10.1. The molecule has 0 aromatic carbocycles. The Kier molecular flexibility index (Phi) is 12.0. The molecule has 12 heavy (non-hydrogen) atoms. The van der Waals surface area contributed by atoms with Crippen molar-refractivity contribution in [1.82, 2.24) is 0 Å². The smallest absolute Gasteiger partial charge is 0.303 e. The molecule has 0 saturated heterocycles. The molecule has 0 fully saturated rings. The summed E-state index contributed by atoms with van der Waals surface area (Å²) >= 11 is 0. The Balaban J connectivity index is 0. The molecule has 0 atom stereocenters. The summed E-state index contributed by atoms with van der Waals surface area (Å²) in [5, 5.41) is 0. The summed E-state index contributed by atoms with van der Waals surface area (Å²) in [6.45, 7) is 2.23. The van der Waals surface area contributed by atoms with Crippen LogP contribution in [0, 0.1) is 40.8 Å². The Morgan fingerprint density at radius 1 is 1.25 bits per heavy atom. The van der Waals surface area contributed by atoms with Crippen molar-refractivity contribution in [3.63, 3.8) is 0 Å². The van der Waals surface area contributed by atoms with Gasteiger partial charge in [0.1, 0.15) is 0 Å². The first-order chi connectivity index (χ1) is 5.06. The standard InChI is InChI=1S/C6H15O4P.Nd/c1-2-3-4-5-6-10-11(7,8)9;/h2-6H2,1H3,(H2,7,8,9);. The first-order valence-corrected chi connectivity index (χ1v) is 5.29. The molecular formula is C6H15NdO4P. The van der Waals surface area contributed by atoms with Gasteiger partial charge in [-0.05, 0) is 6.42 Å². The zero-order valence-electron chi connectivity index (χ0n) is 7.19. The van der Waals surface area contributed by atoms with Gasteiger partial charge in [0.05, 0.1) is 6.61 Å². The quantitative estimate of drug-likeness (QED) is 0.576. The van der Waals surface area contributed by atoms with Gasteiger partial charge in [-0.2, -0.15) is 0 Å². The van der Waals surface area contributed by atoms with Gasteiger partial charge in [-0.1, -0.05) is 26.2 Å². The summed E-state index contributed by atoms with van der Waals surface area (Å²) in [7, 11) is -4.21. The average molecular weight is 326 g/mol. The molecule has 0 saturated carbocycles. The molecule has 2 N–H and O–H groups in total. The zero-order chi connectivity index (χ0) is 8.74. The van der Waals surface area contributed by atoms with Crippen molar-refractivity contribution in [2.45, 2.75) is 32.6 Å². The van der Waals surface area contributed by atoms with Gasteiger partial charge in [-0.15, -0.1) is 0 Å². The van der Waals surface area contributed by atoms with E-state index in [1.165, 1.54) is 0 Å². The largest absolute Gasteiger partial charge is 0.469 e. The van der Waals surface area contributed by atoms with Crippen LogP contribution in [-0.4, -0.2) is 16.4 Å². The van der Waals surface area contributed by atoms with E-state index in [9.17, 15) is 4.57 Å². The van der Waals surface area contributed by atoms with Crippen molar-refractivity contribution in [3.05, 3.63) is 0 Å². The van der Waals surface area contributed by atoms with Gasteiger partial charge in [0.15, 0.2) is 0 Å². The van der Waals surface area contributed by atoms with Crippen LogP contribution < -0.4 is 0 Å². The molecular weight excluding hydrogens is 311 g/mol. The van der Waals surface area contributed by atoms with E-state index in [0.717, 1.165) is 25.7 Å². The summed E-state index contributed by atoms with van der Waals surface area (Å²) < 4.78 is 14.4. The Morgan fingerprint density at radius 3 is 2.25 bits per heavy atom.